The van der Waals surface area contributed by atoms with E-state index in [0.717, 1.165) is 0 Å². The minimum Gasteiger partial charge on any atom is -0.377 e. The van der Waals surface area contributed by atoms with Gasteiger partial charge in [-0.1, -0.05) is 0 Å². The Balaban J connectivity index is 0. The molecule has 0 bridgehead atoms. The van der Waals surface area contributed by atoms with Gasteiger partial charge in [0.05, 0.1) is 0 Å². The average molecular weight is 172 g/mol. The van der Waals surface area contributed by atoms with E-state index in [2.05, 4.69) is 23.7 Å². The summed E-state index contributed by atoms with van der Waals surface area (Å²) >= 11 is 4.09. The van der Waals surface area contributed by atoms with E-state index in [0.29, 0.717) is 0 Å². The van der Waals surface area contributed by atoms with Crippen LogP contribution in [0.25, 0.3) is 0 Å². The van der Waals surface area contributed by atoms with Crippen molar-refractivity contribution in [3.05, 3.63) is 0 Å². The third-order valence-corrected chi connectivity index (χ3v) is 0. The van der Waals surface area contributed by atoms with Crippen LogP contribution in [0.15, 0.2) is 0 Å². The van der Waals surface area contributed by atoms with Crippen LogP contribution in [0.3, 0.4) is 0 Å². The van der Waals surface area contributed by atoms with Crippen molar-refractivity contribution in [2.45, 2.75) is 0 Å². The van der Waals surface area contributed by atoms with Crippen LogP contribution in [0.5, 0.6) is 0 Å². The predicted octanol–water partition coefficient (Wildman–Crippen LogP) is -0.814. The minimum atomic E-state index is 0. The van der Waals surface area contributed by atoms with Gasteiger partial charge >= 0.3 is 0 Å². The molecule has 0 heterocycles. The van der Waals surface area contributed by atoms with Gasteiger partial charge < -0.3 is 11.5 Å². The molecule has 0 unspecified atom stereocenters. The maximum Gasteiger partial charge on any atom is 0.160 e. The molecule has 0 aromatic rings. The first-order valence-corrected chi connectivity index (χ1v) is 1.19. The molecule has 0 saturated heterocycles. The van der Waals surface area contributed by atoms with Crippen LogP contribution in [0, 0.1) is 0 Å². The molecule has 0 aliphatic heterocycles. The SMILES string of the molecule is NC(N)=S.[Mo]. The molecule has 0 aliphatic carbocycles. The van der Waals surface area contributed by atoms with Crippen molar-refractivity contribution in [1.29, 1.82) is 0 Å². The maximum atomic E-state index is 4.62. The Bertz CT molecular complexity index is 32.6. The summed E-state index contributed by atoms with van der Waals surface area (Å²) in [5, 5.41) is 0.000000000000000222. The first-order chi connectivity index (χ1) is 1.73. The van der Waals surface area contributed by atoms with Crippen LogP contribution in [0.4, 0.5) is 0 Å². The van der Waals surface area contributed by atoms with Gasteiger partial charge in [-0.3, -0.25) is 0 Å². The Morgan fingerprint density at radius 2 is 1.40 bits per heavy atom. The van der Waals surface area contributed by atoms with Crippen molar-refractivity contribution >= 4 is 17.3 Å². The summed E-state index contributed by atoms with van der Waals surface area (Å²) in [6.45, 7) is 0. The minimum absolute atomic E-state index is 0. The molecular weight excluding hydrogens is 168 g/mol. The molecule has 30 valence electrons. The molecule has 0 atom stereocenters. The fourth-order valence-electron chi connectivity index (χ4n) is 0. The van der Waals surface area contributed by atoms with Gasteiger partial charge in [-0.25, -0.2) is 0 Å². The molecule has 0 aromatic heterocycles. The van der Waals surface area contributed by atoms with Gasteiger partial charge in [0, 0.05) is 21.1 Å². The van der Waals surface area contributed by atoms with Crippen LogP contribution in [-0.4, -0.2) is 5.11 Å². The number of hydrogen-bond donors (Lipinski definition) is 2. The Labute approximate surface area is 50.2 Å². The van der Waals surface area contributed by atoms with Crippen LogP contribution in [-0.2, 0) is 21.1 Å². The summed E-state index contributed by atoms with van der Waals surface area (Å²) in [5.41, 5.74) is 9.24. The van der Waals surface area contributed by atoms with Gasteiger partial charge in [0.2, 0.25) is 0 Å². The van der Waals surface area contributed by atoms with Gasteiger partial charge in [0.1, 0.15) is 0 Å². The van der Waals surface area contributed by atoms with Crippen LogP contribution >= 0.6 is 12.2 Å². The van der Waals surface area contributed by atoms with E-state index in [1.165, 1.54) is 0 Å². The summed E-state index contributed by atoms with van der Waals surface area (Å²) in [5.74, 6) is 0. The molecule has 0 amide bonds. The Hall–Kier alpha value is 0.378. The molecule has 4 heteroatoms. The zero-order valence-electron chi connectivity index (χ0n) is 2.47. The number of nitrogens with two attached hydrogens (primary N) is 2. The molecule has 0 aromatic carbocycles. The monoisotopic (exact) mass is 174 g/mol. The first-order valence-electron chi connectivity index (χ1n) is 0.781. The molecule has 0 radical (unpaired) electrons. The van der Waals surface area contributed by atoms with Gasteiger partial charge in [-0.05, 0) is 12.2 Å². The summed E-state index contributed by atoms with van der Waals surface area (Å²) in [6.07, 6.45) is 0. The molecule has 4 N–H and O–H groups in total. The van der Waals surface area contributed by atoms with Crippen LogP contribution in [0.1, 0.15) is 0 Å². The van der Waals surface area contributed by atoms with Crippen molar-refractivity contribution in [3.8, 4) is 0 Å². The van der Waals surface area contributed by atoms with Crippen LogP contribution in [0.2, 0.25) is 0 Å². The number of hydrogen-bond acceptors (Lipinski definition) is 1. The second kappa shape index (κ2) is 4.38. The zero-order valence-corrected chi connectivity index (χ0v) is 5.29. The number of rotatable bonds is 0. The van der Waals surface area contributed by atoms with Gasteiger partial charge in [0.15, 0.2) is 5.11 Å². The van der Waals surface area contributed by atoms with Crippen LogP contribution < -0.4 is 11.5 Å². The molecule has 0 spiro atoms. The molecule has 2 nitrogen and oxygen atoms in total. The quantitative estimate of drug-likeness (QED) is 0.371. The first kappa shape index (κ1) is 9.03. The van der Waals surface area contributed by atoms with Crippen molar-refractivity contribution in [1.82, 2.24) is 0 Å². The van der Waals surface area contributed by atoms with Crippen molar-refractivity contribution in [2.24, 2.45) is 11.5 Å². The molecule has 5 heavy (non-hydrogen) atoms. The normalized spacial score (nSPS) is 4.80. The third kappa shape index (κ3) is 173. The Morgan fingerprint density at radius 1 is 1.40 bits per heavy atom. The van der Waals surface area contributed by atoms with E-state index < -0.39 is 0 Å². The van der Waals surface area contributed by atoms with E-state index in [9.17, 15) is 0 Å². The zero-order chi connectivity index (χ0) is 3.58. The second-order valence-corrected chi connectivity index (χ2v) is 0.874. The van der Waals surface area contributed by atoms with Gasteiger partial charge in [0.25, 0.3) is 0 Å². The molecule has 0 fully saturated rings. The molecule has 0 rings (SSSR count). The van der Waals surface area contributed by atoms with E-state index >= 15 is 0 Å². The van der Waals surface area contributed by atoms with E-state index in [-0.39, 0.29) is 26.2 Å². The number of thiocarbonyl (C=S) groups is 1. The van der Waals surface area contributed by atoms with E-state index in [1.807, 2.05) is 0 Å². The molecule has 0 aliphatic rings. The topological polar surface area (TPSA) is 52.0 Å². The van der Waals surface area contributed by atoms with Crippen molar-refractivity contribution in [3.63, 3.8) is 0 Å². The maximum absolute atomic E-state index is 4.62. The second-order valence-electron chi connectivity index (χ2n) is 0.402. The largest absolute Gasteiger partial charge is 0.377 e. The van der Waals surface area contributed by atoms with Gasteiger partial charge in [-0.15, -0.1) is 0 Å². The van der Waals surface area contributed by atoms with Crippen molar-refractivity contribution in [2.75, 3.05) is 0 Å². The van der Waals surface area contributed by atoms with E-state index in [1.54, 1.807) is 0 Å². The smallest absolute Gasteiger partial charge is 0.160 e. The summed E-state index contributed by atoms with van der Waals surface area (Å²) in [6, 6.07) is 0. The standard InChI is InChI=1S/CH4N2S.Mo/c2-1(3)4;/h(H4,2,3,4);. The fraction of sp³-hybridized carbons (Fsp3) is 0. The Morgan fingerprint density at radius 3 is 1.40 bits per heavy atom. The average Bonchev–Trinajstić information content (AvgIpc) is 0.811. The van der Waals surface area contributed by atoms with E-state index in [4.69, 9.17) is 0 Å². The summed E-state index contributed by atoms with van der Waals surface area (Å²) in [7, 11) is 0. The predicted molar refractivity (Wildman–Crippen MR) is 21.0 cm³/mol. The summed E-state index contributed by atoms with van der Waals surface area (Å²) in [4.78, 5) is 0. The van der Waals surface area contributed by atoms with Gasteiger partial charge in [-0.2, -0.15) is 0 Å². The Kier molecular flexibility index (Phi) is 7.91. The molecule has 0 saturated carbocycles. The molecular formula is CH4MoN2S. The van der Waals surface area contributed by atoms with Crippen molar-refractivity contribution < 1.29 is 21.1 Å². The fourth-order valence-corrected chi connectivity index (χ4v) is 0. The third-order valence-electron chi connectivity index (χ3n) is 0. The summed E-state index contributed by atoms with van der Waals surface area (Å²) < 4.78 is 0.